The predicted octanol–water partition coefficient (Wildman–Crippen LogP) is 2.84. The quantitative estimate of drug-likeness (QED) is 0.579. The molecule has 1 aromatic rings. The normalized spacial score (nSPS) is 11.8. The summed E-state index contributed by atoms with van der Waals surface area (Å²) in [6.07, 6.45) is 0. The molecule has 0 radical (unpaired) electrons. The lowest BCUT2D eigenvalue weighted by atomic mass is 10.2. The van der Waals surface area contributed by atoms with E-state index in [0.717, 1.165) is 10.2 Å². The van der Waals surface area contributed by atoms with Gasteiger partial charge in [-0.1, -0.05) is 15.9 Å². The van der Waals surface area contributed by atoms with Crippen molar-refractivity contribution in [3.8, 4) is 5.75 Å². The van der Waals surface area contributed by atoms with Gasteiger partial charge in [-0.25, -0.2) is 4.79 Å². The van der Waals surface area contributed by atoms with Gasteiger partial charge < -0.3 is 19.5 Å². The topological polar surface area (TPSA) is 56.8 Å². The van der Waals surface area contributed by atoms with E-state index in [0.29, 0.717) is 25.6 Å². The average Bonchev–Trinajstić information content (AvgIpc) is 2.44. The van der Waals surface area contributed by atoms with Crippen molar-refractivity contribution in [2.45, 2.75) is 19.9 Å². The van der Waals surface area contributed by atoms with Crippen molar-refractivity contribution in [3.63, 3.8) is 0 Å². The summed E-state index contributed by atoms with van der Waals surface area (Å²) in [5, 5.41) is 3.07. The lowest BCUT2D eigenvalue weighted by Crippen LogP contribution is -2.27. The van der Waals surface area contributed by atoms with Crippen LogP contribution in [0.2, 0.25) is 0 Å². The van der Waals surface area contributed by atoms with Gasteiger partial charge in [-0.15, -0.1) is 0 Å². The standard InChI is InChI=1S/C14H20BrNO4/c1-4-19-7-8-20-13-6-5-11(15)9-12(13)16-10(2)14(17)18-3/h5-6,9-10,16H,4,7-8H2,1-3H3. The Morgan fingerprint density at radius 2 is 2.15 bits per heavy atom. The van der Waals surface area contributed by atoms with Crippen LogP contribution in [0.25, 0.3) is 0 Å². The number of carbonyl (C=O) groups excluding carboxylic acids is 1. The molecule has 0 aromatic heterocycles. The van der Waals surface area contributed by atoms with Gasteiger partial charge in [0.15, 0.2) is 0 Å². The molecular formula is C14H20BrNO4. The Balaban J connectivity index is 2.71. The van der Waals surface area contributed by atoms with Crippen LogP contribution in [0.1, 0.15) is 13.8 Å². The molecule has 0 saturated heterocycles. The summed E-state index contributed by atoms with van der Waals surface area (Å²) in [5.74, 6) is 0.342. The number of methoxy groups -OCH3 is 1. The van der Waals surface area contributed by atoms with Crippen LogP contribution >= 0.6 is 15.9 Å². The van der Waals surface area contributed by atoms with Gasteiger partial charge in [0.25, 0.3) is 0 Å². The van der Waals surface area contributed by atoms with E-state index in [1.165, 1.54) is 7.11 Å². The van der Waals surface area contributed by atoms with Crippen LogP contribution in [0, 0.1) is 0 Å². The first-order valence-corrected chi connectivity index (χ1v) is 7.22. The van der Waals surface area contributed by atoms with E-state index in [1.807, 2.05) is 25.1 Å². The van der Waals surface area contributed by atoms with Crippen molar-refractivity contribution in [2.75, 3.05) is 32.2 Å². The van der Waals surface area contributed by atoms with Gasteiger partial charge in [0.05, 0.1) is 19.4 Å². The number of ether oxygens (including phenoxy) is 3. The Morgan fingerprint density at radius 1 is 1.40 bits per heavy atom. The maximum absolute atomic E-state index is 11.5. The minimum atomic E-state index is -0.455. The minimum Gasteiger partial charge on any atom is -0.489 e. The number of benzene rings is 1. The minimum absolute atomic E-state index is 0.328. The van der Waals surface area contributed by atoms with Crippen molar-refractivity contribution in [1.82, 2.24) is 0 Å². The van der Waals surface area contributed by atoms with Gasteiger partial charge in [-0.3, -0.25) is 0 Å². The zero-order chi connectivity index (χ0) is 15.0. The summed E-state index contributed by atoms with van der Waals surface area (Å²) in [7, 11) is 1.36. The Kier molecular flexibility index (Phi) is 7.40. The van der Waals surface area contributed by atoms with Gasteiger partial charge in [-0.2, -0.15) is 0 Å². The molecule has 0 aliphatic rings. The molecule has 5 nitrogen and oxygen atoms in total. The number of esters is 1. The van der Waals surface area contributed by atoms with Crippen LogP contribution in [-0.4, -0.2) is 38.9 Å². The van der Waals surface area contributed by atoms with Gasteiger partial charge in [-0.05, 0) is 32.0 Å². The Labute approximate surface area is 127 Å². The first kappa shape index (κ1) is 16.8. The van der Waals surface area contributed by atoms with Crippen LogP contribution in [0.5, 0.6) is 5.75 Å². The van der Waals surface area contributed by atoms with Crippen molar-refractivity contribution < 1.29 is 19.0 Å². The summed E-state index contributed by atoms with van der Waals surface area (Å²) < 4.78 is 16.5. The molecule has 20 heavy (non-hydrogen) atoms. The van der Waals surface area contributed by atoms with E-state index < -0.39 is 6.04 Å². The van der Waals surface area contributed by atoms with E-state index in [4.69, 9.17) is 14.2 Å². The predicted molar refractivity (Wildman–Crippen MR) is 81.2 cm³/mol. The number of rotatable bonds is 8. The smallest absolute Gasteiger partial charge is 0.327 e. The van der Waals surface area contributed by atoms with Crippen molar-refractivity contribution in [3.05, 3.63) is 22.7 Å². The molecule has 0 fully saturated rings. The number of anilines is 1. The van der Waals surface area contributed by atoms with Gasteiger partial charge in [0.1, 0.15) is 18.4 Å². The third-order valence-electron chi connectivity index (χ3n) is 2.56. The lowest BCUT2D eigenvalue weighted by Gasteiger charge is -2.17. The Bertz CT molecular complexity index is 439. The summed E-state index contributed by atoms with van der Waals surface area (Å²) in [6, 6.07) is 5.12. The first-order valence-electron chi connectivity index (χ1n) is 6.43. The molecule has 1 unspecified atom stereocenters. The zero-order valence-corrected chi connectivity index (χ0v) is 13.5. The van der Waals surface area contributed by atoms with E-state index in [9.17, 15) is 4.79 Å². The molecule has 0 aliphatic heterocycles. The molecule has 1 N–H and O–H groups in total. The first-order chi connectivity index (χ1) is 9.58. The van der Waals surface area contributed by atoms with Gasteiger partial charge in [0.2, 0.25) is 0 Å². The maximum Gasteiger partial charge on any atom is 0.327 e. The fraction of sp³-hybridized carbons (Fsp3) is 0.500. The zero-order valence-electron chi connectivity index (χ0n) is 11.9. The number of hydrogen-bond donors (Lipinski definition) is 1. The number of carbonyl (C=O) groups is 1. The summed E-state index contributed by atoms with van der Waals surface area (Å²) in [5.41, 5.74) is 0.730. The maximum atomic E-state index is 11.5. The fourth-order valence-corrected chi connectivity index (χ4v) is 1.93. The van der Waals surface area contributed by atoms with E-state index >= 15 is 0 Å². The molecule has 112 valence electrons. The van der Waals surface area contributed by atoms with E-state index in [2.05, 4.69) is 21.2 Å². The van der Waals surface area contributed by atoms with Gasteiger partial charge in [0, 0.05) is 11.1 Å². The van der Waals surface area contributed by atoms with Crippen LogP contribution in [0.3, 0.4) is 0 Å². The van der Waals surface area contributed by atoms with Crippen molar-refractivity contribution >= 4 is 27.6 Å². The Hall–Kier alpha value is -1.27. The van der Waals surface area contributed by atoms with Crippen LogP contribution in [-0.2, 0) is 14.3 Å². The highest BCUT2D eigenvalue weighted by molar-refractivity contribution is 9.10. The second-order valence-electron chi connectivity index (χ2n) is 4.08. The molecule has 0 bridgehead atoms. The molecule has 0 amide bonds. The highest BCUT2D eigenvalue weighted by Crippen LogP contribution is 2.29. The van der Waals surface area contributed by atoms with Crippen molar-refractivity contribution in [1.29, 1.82) is 0 Å². The third-order valence-corrected chi connectivity index (χ3v) is 3.05. The second-order valence-corrected chi connectivity index (χ2v) is 4.99. The second kappa shape index (κ2) is 8.81. The van der Waals surface area contributed by atoms with E-state index in [-0.39, 0.29) is 5.97 Å². The molecule has 1 aromatic carbocycles. The summed E-state index contributed by atoms with van der Waals surface area (Å²) >= 11 is 3.40. The molecule has 1 atom stereocenters. The highest BCUT2D eigenvalue weighted by Gasteiger charge is 2.15. The van der Waals surface area contributed by atoms with Crippen molar-refractivity contribution in [2.24, 2.45) is 0 Å². The molecule has 0 spiro atoms. The van der Waals surface area contributed by atoms with Gasteiger partial charge >= 0.3 is 5.97 Å². The number of halogens is 1. The summed E-state index contributed by atoms with van der Waals surface area (Å²) in [4.78, 5) is 11.5. The largest absolute Gasteiger partial charge is 0.489 e. The molecule has 0 aliphatic carbocycles. The number of hydrogen-bond acceptors (Lipinski definition) is 5. The van der Waals surface area contributed by atoms with Crippen LogP contribution in [0.15, 0.2) is 22.7 Å². The molecule has 6 heteroatoms. The van der Waals surface area contributed by atoms with Crippen LogP contribution in [0.4, 0.5) is 5.69 Å². The lowest BCUT2D eigenvalue weighted by molar-refractivity contribution is -0.141. The SMILES string of the molecule is CCOCCOc1ccc(Br)cc1NC(C)C(=O)OC. The third kappa shape index (κ3) is 5.38. The monoisotopic (exact) mass is 345 g/mol. The fourth-order valence-electron chi connectivity index (χ4n) is 1.56. The number of nitrogens with one attached hydrogen (secondary N) is 1. The Morgan fingerprint density at radius 3 is 2.80 bits per heavy atom. The average molecular weight is 346 g/mol. The molecule has 1 rings (SSSR count). The van der Waals surface area contributed by atoms with E-state index in [1.54, 1.807) is 6.92 Å². The molecular weight excluding hydrogens is 326 g/mol. The van der Waals surface area contributed by atoms with Crippen LogP contribution < -0.4 is 10.1 Å². The highest BCUT2D eigenvalue weighted by atomic mass is 79.9. The molecule has 0 saturated carbocycles. The summed E-state index contributed by atoms with van der Waals surface area (Å²) in [6.45, 7) is 5.31. The molecule has 0 heterocycles.